The fourth-order valence-corrected chi connectivity index (χ4v) is 4.15. The average Bonchev–Trinajstić information content (AvgIpc) is 3.24. The first-order valence-electron chi connectivity index (χ1n) is 8.64. The van der Waals surface area contributed by atoms with E-state index in [0.29, 0.717) is 6.54 Å². The summed E-state index contributed by atoms with van der Waals surface area (Å²) in [6.07, 6.45) is 4.22. The standard InChI is InChI=1S/C20H25NO2S/c1-15-12-13-18(24-15)14-21(2)20(22)19(16-8-4-3-5-9-16)23-17-10-6-7-11-17/h3-5,8-9,12-13,17,19H,6-7,10-11,14H2,1-2H3. The highest BCUT2D eigenvalue weighted by atomic mass is 32.1. The van der Waals surface area contributed by atoms with E-state index in [1.165, 1.54) is 22.6 Å². The van der Waals surface area contributed by atoms with Gasteiger partial charge in [-0.1, -0.05) is 43.2 Å². The van der Waals surface area contributed by atoms with Gasteiger partial charge in [-0.2, -0.15) is 0 Å². The number of carbonyl (C=O) groups is 1. The number of aryl methyl sites for hydroxylation is 1. The van der Waals surface area contributed by atoms with Crippen LogP contribution in [0.15, 0.2) is 42.5 Å². The van der Waals surface area contributed by atoms with Crippen LogP contribution in [-0.2, 0) is 16.1 Å². The first-order chi connectivity index (χ1) is 11.6. The van der Waals surface area contributed by atoms with Crippen LogP contribution < -0.4 is 0 Å². The fourth-order valence-electron chi connectivity index (χ4n) is 3.21. The maximum Gasteiger partial charge on any atom is 0.256 e. The minimum Gasteiger partial charge on any atom is -0.360 e. The molecule has 24 heavy (non-hydrogen) atoms. The molecule has 1 heterocycles. The number of nitrogens with zero attached hydrogens (tertiary/aromatic N) is 1. The predicted octanol–water partition coefficient (Wildman–Crippen LogP) is 4.72. The highest BCUT2D eigenvalue weighted by Crippen LogP contribution is 2.29. The summed E-state index contributed by atoms with van der Waals surface area (Å²) in [5, 5.41) is 0. The van der Waals surface area contributed by atoms with Crippen LogP contribution in [0, 0.1) is 6.92 Å². The van der Waals surface area contributed by atoms with Gasteiger partial charge in [-0.05, 0) is 37.5 Å². The minimum absolute atomic E-state index is 0.0409. The summed E-state index contributed by atoms with van der Waals surface area (Å²) in [4.78, 5) is 17.3. The van der Waals surface area contributed by atoms with Gasteiger partial charge in [0, 0.05) is 16.8 Å². The van der Waals surface area contributed by atoms with Crippen LogP contribution in [0.1, 0.15) is 47.1 Å². The summed E-state index contributed by atoms with van der Waals surface area (Å²) in [6.45, 7) is 2.72. The Labute approximate surface area is 148 Å². The average molecular weight is 343 g/mol. The predicted molar refractivity (Wildman–Crippen MR) is 98.1 cm³/mol. The van der Waals surface area contributed by atoms with E-state index < -0.39 is 6.10 Å². The Kier molecular flexibility index (Phi) is 5.69. The maximum absolute atomic E-state index is 13.0. The Balaban J connectivity index is 1.74. The Morgan fingerprint density at radius 3 is 2.54 bits per heavy atom. The molecule has 3 nitrogen and oxygen atoms in total. The molecule has 2 aromatic rings. The molecule has 0 N–H and O–H groups in total. The molecule has 0 radical (unpaired) electrons. The molecule has 4 heteroatoms. The van der Waals surface area contributed by atoms with Gasteiger partial charge in [0.2, 0.25) is 0 Å². The number of hydrogen-bond donors (Lipinski definition) is 0. The van der Waals surface area contributed by atoms with Gasteiger partial charge in [-0.25, -0.2) is 0 Å². The molecule has 0 spiro atoms. The van der Waals surface area contributed by atoms with Gasteiger partial charge >= 0.3 is 0 Å². The molecular formula is C20H25NO2S. The first-order valence-corrected chi connectivity index (χ1v) is 9.46. The third-order valence-corrected chi connectivity index (χ3v) is 5.51. The van der Waals surface area contributed by atoms with E-state index in [2.05, 4.69) is 19.1 Å². The lowest BCUT2D eigenvalue weighted by molar-refractivity contribution is -0.147. The molecule has 1 saturated carbocycles. The number of carbonyl (C=O) groups excluding carboxylic acids is 1. The second-order valence-electron chi connectivity index (χ2n) is 6.54. The number of hydrogen-bond acceptors (Lipinski definition) is 3. The molecule has 1 aromatic heterocycles. The van der Waals surface area contributed by atoms with Crippen LogP contribution in [0.25, 0.3) is 0 Å². The summed E-state index contributed by atoms with van der Waals surface area (Å²) in [5.41, 5.74) is 0.948. The van der Waals surface area contributed by atoms with Gasteiger partial charge in [-0.3, -0.25) is 4.79 Å². The summed E-state index contributed by atoms with van der Waals surface area (Å²) >= 11 is 1.74. The van der Waals surface area contributed by atoms with E-state index in [4.69, 9.17) is 4.74 Å². The molecule has 0 saturated heterocycles. The number of likely N-dealkylation sites (N-methyl/N-ethyl adjacent to an activating group) is 1. The molecule has 1 fully saturated rings. The lowest BCUT2D eigenvalue weighted by atomic mass is 10.1. The van der Waals surface area contributed by atoms with Crippen molar-refractivity contribution in [2.75, 3.05) is 7.05 Å². The van der Waals surface area contributed by atoms with Crippen LogP contribution in [0.4, 0.5) is 0 Å². The van der Waals surface area contributed by atoms with Crippen molar-refractivity contribution in [3.63, 3.8) is 0 Å². The molecular weight excluding hydrogens is 318 g/mol. The fraction of sp³-hybridized carbons (Fsp3) is 0.450. The second-order valence-corrected chi connectivity index (χ2v) is 7.91. The number of ether oxygens (including phenoxy) is 1. The zero-order valence-corrected chi connectivity index (χ0v) is 15.2. The molecule has 1 atom stereocenters. The molecule has 0 bridgehead atoms. The van der Waals surface area contributed by atoms with Gasteiger partial charge in [-0.15, -0.1) is 11.3 Å². The lowest BCUT2D eigenvalue weighted by Gasteiger charge is -2.26. The Morgan fingerprint density at radius 1 is 1.21 bits per heavy atom. The molecule has 1 aliphatic carbocycles. The molecule has 3 rings (SSSR count). The zero-order chi connectivity index (χ0) is 16.9. The molecule has 0 aliphatic heterocycles. The number of benzene rings is 1. The van der Waals surface area contributed by atoms with Crippen molar-refractivity contribution in [3.05, 3.63) is 57.8 Å². The van der Waals surface area contributed by atoms with Crippen molar-refractivity contribution in [3.8, 4) is 0 Å². The minimum atomic E-state index is -0.500. The Hall–Kier alpha value is -1.65. The van der Waals surface area contributed by atoms with Crippen molar-refractivity contribution < 1.29 is 9.53 Å². The smallest absolute Gasteiger partial charge is 0.256 e. The van der Waals surface area contributed by atoms with Gasteiger partial charge in [0.15, 0.2) is 6.10 Å². The monoisotopic (exact) mass is 343 g/mol. The SMILES string of the molecule is Cc1ccc(CN(C)C(=O)C(OC2CCCC2)c2ccccc2)s1. The van der Waals surface area contributed by atoms with E-state index >= 15 is 0 Å². The maximum atomic E-state index is 13.0. The molecule has 1 amide bonds. The largest absolute Gasteiger partial charge is 0.360 e. The highest BCUT2D eigenvalue weighted by molar-refractivity contribution is 7.11. The molecule has 1 aromatic carbocycles. The van der Waals surface area contributed by atoms with Crippen LogP contribution >= 0.6 is 11.3 Å². The summed E-state index contributed by atoms with van der Waals surface area (Å²) in [7, 11) is 1.87. The van der Waals surface area contributed by atoms with Crippen LogP contribution in [0.3, 0.4) is 0 Å². The van der Waals surface area contributed by atoms with Crippen molar-refractivity contribution >= 4 is 17.2 Å². The van der Waals surface area contributed by atoms with Gasteiger partial charge in [0.1, 0.15) is 0 Å². The third kappa shape index (κ3) is 4.25. The van der Waals surface area contributed by atoms with Crippen molar-refractivity contribution in [1.29, 1.82) is 0 Å². The van der Waals surface area contributed by atoms with E-state index in [-0.39, 0.29) is 12.0 Å². The van der Waals surface area contributed by atoms with Crippen LogP contribution in [0.5, 0.6) is 0 Å². The quantitative estimate of drug-likeness (QED) is 0.760. The number of amides is 1. The highest BCUT2D eigenvalue weighted by Gasteiger charge is 2.29. The van der Waals surface area contributed by atoms with Crippen molar-refractivity contribution in [1.82, 2.24) is 4.90 Å². The number of thiophene rings is 1. The normalized spacial score (nSPS) is 16.2. The van der Waals surface area contributed by atoms with E-state index in [1.54, 1.807) is 16.2 Å². The topological polar surface area (TPSA) is 29.5 Å². The van der Waals surface area contributed by atoms with E-state index in [0.717, 1.165) is 18.4 Å². The van der Waals surface area contributed by atoms with Crippen molar-refractivity contribution in [2.24, 2.45) is 0 Å². The second kappa shape index (κ2) is 7.95. The molecule has 1 unspecified atom stereocenters. The van der Waals surface area contributed by atoms with Crippen molar-refractivity contribution in [2.45, 2.75) is 51.4 Å². The third-order valence-electron chi connectivity index (χ3n) is 4.52. The first kappa shape index (κ1) is 17.2. The van der Waals surface area contributed by atoms with E-state index in [1.807, 2.05) is 37.4 Å². The Morgan fingerprint density at radius 2 is 1.92 bits per heavy atom. The molecule has 1 aliphatic rings. The lowest BCUT2D eigenvalue weighted by Crippen LogP contribution is -2.34. The van der Waals surface area contributed by atoms with Gasteiger partial charge in [0.25, 0.3) is 5.91 Å². The zero-order valence-electron chi connectivity index (χ0n) is 14.4. The van der Waals surface area contributed by atoms with Crippen LogP contribution in [-0.4, -0.2) is 24.0 Å². The molecule has 128 valence electrons. The Bertz CT molecular complexity index is 661. The van der Waals surface area contributed by atoms with Gasteiger partial charge in [0.05, 0.1) is 12.6 Å². The van der Waals surface area contributed by atoms with Crippen LogP contribution in [0.2, 0.25) is 0 Å². The van der Waals surface area contributed by atoms with Gasteiger partial charge < -0.3 is 9.64 Å². The summed E-state index contributed by atoms with van der Waals surface area (Å²) < 4.78 is 6.24. The summed E-state index contributed by atoms with van der Waals surface area (Å²) in [5.74, 6) is 0.0409. The summed E-state index contributed by atoms with van der Waals surface area (Å²) in [6, 6.07) is 14.1. The van der Waals surface area contributed by atoms with E-state index in [9.17, 15) is 4.79 Å². The number of rotatable bonds is 6.